The van der Waals surface area contributed by atoms with Gasteiger partial charge in [0.1, 0.15) is 0 Å². The minimum atomic E-state index is -4.25. The SMILES string of the molecule is CCCCCCCCCCCCCCOP(=O)(O)O.[H-].[K+]. The molecule has 0 aliphatic carbocycles. The van der Waals surface area contributed by atoms with Crippen molar-refractivity contribution in [3.63, 3.8) is 0 Å². The van der Waals surface area contributed by atoms with Gasteiger partial charge in [-0.05, 0) is 6.42 Å². The van der Waals surface area contributed by atoms with E-state index in [-0.39, 0.29) is 59.4 Å². The average molecular weight is 334 g/mol. The van der Waals surface area contributed by atoms with Crippen molar-refractivity contribution in [2.45, 2.75) is 84.0 Å². The number of unbranched alkanes of at least 4 members (excludes halogenated alkanes) is 11. The van der Waals surface area contributed by atoms with E-state index in [1.807, 2.05) is 0 Å². The molecule has 118 valence electrons. The number of rotatable bonds is 14. The zero-order valence-corrected chi connectivity index (χ0v) is 17.4. The predicted molar refractivity (Wildman–Crippen MR) is 80.2 cm³/mol. The Hall–Kier alpha value is 1.75. The van der Waals surface area contributed by atoms with Crippen LogP contribution in [0, 0.1) is 0 Å². The summed E-state index contributed by atoms with van der Waals surface area (Å²) in [7, 11) is -4.25. The molecule has 0 spiro atoms. The standard InChI is InChI=1S/C14H31O4P.K.H/c1-2-3-4-5-6-7-8-9-10-11-12-13-14-18-19(15,16)17;;/h2-14H2,1H3,(H2,15,16,17);;/q;+1;-1. The molecular formula is C14H32KO4P. The molecule has 0 aromatic carbocycles. The maximum Gasteiger partial charge on any atom is 1.00 e. The van der Waals surface area contributed by atoms with Gasteiger partial charge in [-0.25, -0.2) is 4.57 Å². The van der Waals surface area contributed by atoms with Crippen molar-refractivity contribution in [1.29, 1.82) is 0 Å². The van der Waals surface area contributed by atoms with Crippen LogP contribution in [0.25, 0.3) is 0 Å². The van der Waals surface area contributed by atoms with Crippen LogP contribution in [0.5, 0.6) is 0 Å². The van der Waals surface area contributed by atoms with Gasteiger partial charge in [0.2, 0.25) is 0 Å². The smallest absolute Gasteiger partial charge is 1.00 e. The van der Waals surface area contributed by atoms with Gasteiger partial charge in [0.25, 0.3) is 0 Å². The van der Waals surface area contributed by atoms with Gasteiger partial charge in [-0.2, -0.15) is 0 Å². The van der Waals surface area contributed by atoms with E-state index in [0.717, 1.165) is 19.3 Å². The molecule has 0 amide bonds. The van der Waals surface area contributed by atoms with E-state index >= 15 is 0 Å². The molecule has 0 aliphatic rings. The Morgan fingerprint density at radius 2 is 1.15 bits per heavy atom. The molecule has 2 N–H and O–H groups in total. The third-order valence-corrected chi connectivity index (χ3v) is 3.78. The van der Waals surface area contributed by atoms with Crippen molar-refractivity contribution in [2.24, 2.45) is 0 Å². The van der Waals surface area contributed by atoms with Gasteiger partial charge in [-0.3, -0.25) is 4.52 Å². The van der Waals surface area contributed by atoms with Crippen LogP contribution in [0.1, 0.15) is 85.4 Å². The topological polar surface area (TPSA) is 66.8 Å². The van der Waals surface area contributed by atoms with E-state index in [2.05, 4.69) is 11.4 Å². The minimum absolute atomic E-state index is 0. The summed E-state index contributed by atoms with van der Waals surface area (Å²) in [6.07, 6.45) is 14.9. The first-order valence-corrected chi connectivity index (χ1v) is 9.29. The van der Waals surface area contributed by atoms with Crippen LogP contribution < -0.4 is 51.4 Å². The van der Waals surface area contributed by atoms with Gasteiger partial charge in [0, 0.05) is 0 Å². The van der Waals surface area contributed by atoms with Gasteiger partial charge < -0.3 is 11.2 Å². The van der Waals surface area contributed by atoms with E-state index in [4.69, 9.17) is 9.79 Å². The summed E-state index contributed by atoms with van der Waals surface area (Å²) in [5, 5.41) is 0. The van der Waals surface area contributed by atoms with Crippen LogP contribution in [0.4, 0.5) is 0 Å². The van der Waals surface area contributed by atoms with Crippen molar-refractivity contribution in [2.75, 3.05) is 6.61 Å². The quantitative estimate of drug-likeness (QED) is 0.289. The molecule has 0 bridgehead atoms. The number of hydrogen-bond acceptors (Lipinski definition) is 2. The zero-order valence-electron chi connectivity index (χ0n) is 14.4. The fourth-order valence-electron chi connectivity index (χ4n) is 2.13. The van der Waals surface area contributed by atoms with Crippen molar-refractivity contribution in [3.8, 4) is 0 Å². The summed E-state index contributed by atoms with van der Waals surface area (Å²) in [4.78, 5) is 17.0. The molecule has 0 saturated carbocycles. The van der Waals surface area contributed by atoms with Crippen LogP contribution in [-0.2, 0) is 9.09 Å². The molecule has 0 heterocycles. The van der Waals surface area contributed by atoms with Gasteiger partial charge in [-0.1, -0.05) is 77.6 Å². The van der Waals surface area contributed by atoms with E-state index in [1.165, 1.54) is 57.8 Å². The van der Waals surface area contributed by atoms with Gasteiger partial charge in [-0.15, -0.1) is 0 Å². The monoisotopic (exact) mass is 334 g/mol. The maximum atomic E-state index is 10.4. The fourth-order valence-corrected chi connectivity index (χ4v) is 2.49. The third-order valence-electron chi connectivity index (χ3n) is 3.26. The minimum Gasteiger partial charge on any atom is -1.00 e. The van der Waals surface area contributed by atoms with E-state index in [1.54, 1.807) is 0 Å². The van der Waals surface area contributed by atoms with Crippen molar-refractivity contribution >= 4 is 7.82 Å². The summed E-state index contributed by atoms with van der Waals surface area (Å²) in [6.45, 7) is 2.41. The number of phosphoric ester groups is 1. The summed E-state index contributed by atoms with van der Waals surface area (Å²) in [6, 6.07) is 0. The molecule has 0 atom stereocenters. The summed E-state index contributed by atoms with van der Waals surface area (Å²) >= 11 is 0. The van der Waals surface area contributed by atoms with Gasteiger partial charge >= 0.3 is 59.2 Å². The zero-order chi connectivity index (χ0) is 14.4. The first kappa shape index (κ1) is 24.0. The van der Waals surface area contributed by atoms with E-state index in [9.17, 15) is 4.57 Å². The summed E-state index contributed by atoms with van der Waals surface area (Å²) < 4.78 is 14.8. The molecule has 0 aliphatic heterocycles. The molecule has 0 radical (unpaired) electrons. The Morgan fingerprint density at radius 3 is 1.50 bits per heavy atom. The Labute approximate surface area is 168 Å². The maximum absolute atomic E-state index is 10.4. The first-order valence-electron chi connectivity index (χ1n) is 7.76. The second kappa shape index (κ2) is 17.1. The molecular weight excluding hydrogens is 302 g/mol. The van der Waals surface area contributed by atoms with E-state index < -0.39 is 7.82 Å². The molecule has 0 fully saturated rings. The second-order valence-corrected chi connectivity index (χ2v) is 6.45. The van der Waals surface area contributed by atoms with E-state index in [0.29, 0.717) is 0 Å². The van der Waals surface area contributed by atoms with Crippen LogP contribution >= 0.6 is 7.82 Å². The second-order valence-electron chi connectivity index (χ2n) is 5.21. The molecule has 0 aromatic heterocycles. The number of hydrogen-bond donors (Lipinski definition) is 2. The predicted octanol–water partition coefficient (Wildman–Crippen LogP) is 1.91. The average Bonchev–Trinajstić information content (AvgIpc) is 2.34. The normalized spacial score (nSPS) is 11.3. The van der Waals surface area contributed by atoms with Crippen LogP contribution in [0.2, 0.25) is 0 Å². The van der Waals surface area contributed by atoms with Crippen LogP contribution in [-0.4, -0.2) is 16.4 Å². The Kier molecular flexibility index (Phi) is 20.5. The Bertz CT molecular complexity index is 239. The van der Waals surface area contributed by atoms with Gasteiger partial charge in [0.05, 0.1) is 6.61 Å². The molecule has 0 saturated heterocycles. The Morgan fingerprint density at radius 1 is 0.800 bits per heavy atom. The summed E-state index contributed by atoms with van der Waals surface area (Å²) in [5.41, 5.74) is 0. The van der Waals surface area contributed by atoms with Crippen LogP contribution in [0.15, 0.2) is 0 Å². The molecule has 4 nitrogen and oxygen atoms in total. The van der Waals surface area contributed by atoms with Crippen molar-refractivity contribution in [3.05, 3.63) is 0 Å². The molecule has 0 unspecified atom stereocenters. The van der Waals surface area contributed by atoms with Crippen LogP contribution in [0.3, 0.4) is 0 Å². The fraction of sp³-hybridized carbons (Fsp3) is 1.00. The molecule has 0 aromatic rings. The Balaban J connectivity index is -0.00000162. The molecule has 6 heteroatoms. The molecule has 0 rings (SSSR count). The largest absolute Gasteiger partial charge is 1.00 e. The van der Waals surface area contributed by atoms with Crippen molar-refractivity contribution < 1.29 is 71.7 Å². The van der Waals surface area contributed by atoms with Gasteiger partial charge in [0.15, 0.2) is 0 Å². The molecule has 20 heavy (non-hydrogen) atoms. The van der Waals surface area contributed by atoms with Crippen molar-refractivity contribution in [1.82, 2.24) is 0 Å². The number of phosphoric acid groups is 1. The third kappa shape index (κ3) is 22.0. The first-order chi connectivity index (χ1) is 9.06. The summed E-state index contributed by atoms with van der Waals surface area (Å²) in [5.74, 6) is 0.